The van der Waals surface area contributed by atoms with Crippen molar-refractivity contribution in [2.24, 2.45) is 0 Å². The van der Waals surface area contributed by atoms with Crippen LogP contribution < -0.4 is 5.32 Å². The number of hydrogen-bond donors (Lipinski definition) is 2. The first-order valence-corrected chi connectivity index (χ1v) is 11.6. The third-order valence-electron chi connectivity index (χ3n) is 6.08. The predicted octanol–water partition coefficient (Wildman–Crippen LogP) is 3.67. The second-order valence-corrected chi connectivity index (χ2v) is 9.37. The summed E-state index contributed by atoms with van der Waals surface area (Å²) in [5.74, 6) is -3.61. The van der Waals surface area contributed by atoms with Crippen LogP contribution in [0.3, 0.4) is 0 Å². The molecule has 1 aromatic carbocycles. The number of imidazole rings is 1. The number of alkyl halides is 2. The van der Waals surface area contributed by atoms with Gasteiger partial charge in [-0.3, -0.25) is 19.7 Å². The summed E-state index contributed by atoms with van der Waals surface area (Å²) in [5.41, 5.74) is 0.0878. The van der Waals surface area contributed by atoms with Crippen molar-refractivity contribution in [3.63, 3.8) is 0 Å². The number of benzene rings is 1. The highest BCUT2D eigenvalue weighted by Crippen LogP contribution is 2.36. The first-order chi connectivity index (χ1) is 16.1. The van der Waals surface area contributed by atoms with Crippen LogP contribution in [0, 0.1) is 10.1 Å². The van der Waals surface area contributed by atoms with Gasteiger partial charge >= 0.3 is 0 Å². The van der Waals surface area contributed by atoms with Crippen LogP contribution in [0.1, 0.15) is 46.5 Å². The van der Waals surface area contributed by atoms with E-state index in [1.54, 1.807) is 4.90 Å². The summed E-state index contributed by atoms with van der Waals surface area (Å²) in [6.45, 7) is 0.518. The molecule has 2 aliphatic rings. The summed E-state index contributed by atoms with van der Waals surface area (Å²) >= 11 is 3.22. The van der Waals surface area contributed by atoms with Gasteiger partial charge in [0, 0.05) is 55.6 Å². The first-order valence-electron chi connectivity index (χ1n) is 10.8. The maximum Gasteiger partial charge on any atom is 0.294 e. The van der Waals surface area contributed by atoms with E-state index < -0.39 is 29.6 Å². The van der Waals surface area contributed by atoms with Crippen molar-refractivity contribution < 1.29 is 23.3 Å². The van der Waals surface area contributed by atoms with Gasteiger partial charge in [0.1, 0.15) is 11.4 Å². The molecule has 34 heavy (non-hydrogen) atoms. The SMILES string of the molecule is O=C(c1cnc[nH]1)N1CCC[C@@H](Nc2c(C(=O)N3CCC(F)(F)CC3)cc(Br)cc2[N+](=O)[O-])C1. The summed E-state index contributed by atoms with van der Waals surface area (Å²) < 4.78 is 27.5. The Morgan fingerprint density at radius 2 is 1.94 bits per heavy atom. The standard InChI is InChI=1S/C21H23BrF2N6O4/c22-13-8-15(19(31)28-6-3-21(23,24)4-7-28)18(17(9-13)30(33)34)27-14-2-1-5-29(11-14)20(32)16-10-25-12-26-16/h8-10,12,14,27H,1-7,11H2,(H,25,26)/t14-/m1/s1. The molecular weight excluding hydrogens is 518 g/mol. The van der Waals surface area contributed by atoms with Crippen molar-refractivity contribution in [3.05, 3.63) is 50.5 Å². The minimum Gasteiger partial charge on any atom is -0.374 e. The molecule has 1 aromatic heterocycles. The maximum absolute atomic E-state index is 13.6. The van der Waals surface area contributed by atoms with E-state index in [1.165, 1.54) is 29.6 Å². The molecule has 182 valence electrons. The summed E-state index contributed by atoms with van der Waals surface area (Å²) in [4.78, 5) is 46.7. The van der Waals surface area contributed by atoms with Crippen LogP contribution in [0.15, 0.2) is 29.1 Å². The van der Waals surface area contributed by atoms with Gasteiger partial charge in [-0.05, 0) is 18.9 Å². The number of nitrogens with zero attached hydrogens (tertiary/aromatic N) is 4. The Morgan fingerprint density at radius 3 is 2.59 bits per heavy atom. The number of carbonyl (C=O) groups is 2. The number of anilines is 1. The fourth-order valence-electron chi connectivity index (χ4n) is 4.29. The minimum absolute atomic E-state index is 0.0244. The fraction of sp³-hybridized carbons (Fsp3) is 0.476. The number of nitro benzene ring substituents is 1. The number of aromatic amines is 1. The number of hydrogen-bond acceptors (Lipinski definition) is 6. The van der Waals surface area contributed by atoms with Crippen molar-refractivity contribution in [3.8, 4) is 0 Å². The quantitative estimate of drug-likeness (QED) is 0.440. The Labute approximate surface area is 202 Å². The van der Waals surface area contributed by atoms with E-state index in [0.29, 0.717) is 29.6 Å². The van der Waals surface area contributed by atoms with Gasteiger partial charge in [-0.15, -0.1) is 0 Å². The number of amides is 2. The molecule has 2 amide bonds. The van der Waals surface area contributed by atoms with Gasteiger partial charge in [0.15, 0.2) is 0 Å². The van der Waals surface area contributed by atoms with Crippen LogP contribution in [0.25, 0.3) is 0 Å². The van der Waals surface area contributed by atoms with Crippen molar-refractivity contribution in [1.29, 1.82) is 0 Å². The lowest BCUT2D eigenvalue weighted by Gasteiger charge is -2.34. The van der Waals surface area contributed by atoms with Crippen molar-refractivity contribution in [2.75, 3.05) is 31.5 Å². The summed E-state index contributed by atoms with van der Waals surface area (Å²) in [7, 11) is 0. The number of halogens is 3. The normalized spacial score (nSPS) is 20.1. The Morgan fingerprint density at radius 1 is 1.21 bits per heavy atom. The van der Waals surface area contributed by atoms with E-state index in [1.807, 2.05) is 0 Å². The molecule has 4 rings (SSSR count). The fourth-order valence-corrected chi connectivity index (χ4v) is 4.74. The van der Waals surface area contributed by atoms with Crippen molar-refractivity contribution >= 4 is 39.1 Å². The smallest absolute Gasteiger partial charge is 0.294 e. The molecule has 0 saturated carbocycles. The number of rotatable bonds is 5. The topological polar surface area (TPSA) is 124 Å². The van der Waals surface area contributed by atoms with Crippen molar-refractivity contribution in [1.82, 2.24) is 19.8 Å². The molecule has 0 radical (unpaired) electrons. The molecule has 2 N–H and O–H groups in total. The Balaban J connectivity index is 1.59. The summed E-state index contributed by atoms with van der Waals surface area (Å²) in [6, 6.07) is 2.40. The monoisotopic (exact) mass is 540 g/mol. The highest BCUT2D eigenvalue weighted by Gasteiger charge is 2.37. The largest absolute Gasteiger partial charge is 0.374 e. The second-order valence-electron chi connectivity index (χ2n) is 8.45. The van der Waals surface area contributed by atoms with Crippen LogP contribution in [0.4, 0.5) is 20.2 Å². The summed E-state index contributed by atoms with van der Waals surface area (Å²) in [5, 5.41) is 14.9. The molecule has 2 aromatic rings. The molecule has 1 atom stereocenters. The number of nitrogens with one attached hydrogen (secondary N) is 2. The van der Waals surface area contributed by atoms with E-state index in [2.05, 4.69) is 31.2 Å². The number of likely N-dealkylation sites (tertiary alicyclic amines) is 2. The lowest BCUT2D eigenvalue weighted by molar-refractivity contribution is -0.384. The molecule has 0 unspecified atom stereocenters. The van der Waals surface area contributed by atoms with Crippen LogP contribution >= 0.6 is 15.9 Å². The van der Waals surface area contributed by atoms with Crippen LogP contribution in [0.5, 0.6) is 0 Å². The van der Waals surface area contributed by atoms with Crippen molar-refractivity contribution in [2.45, 2.75) is 37.6 Å². The molecule has 3 heterocycles. The Hall–Kier alpha value is -3.09. The second kappa shape index (κ2) is 9.65. The third-order valence-corrected chi connectivity index (χ3v) is 6.54. The van der Waals surface area contributed by atoms with E-state index in [9.17, 15) is 28.5 Å². The third kappa shape index (κ3) is 5.18. The Bertz CT molecular complexity index is 1090. The lowest BCUT2D eigenvalue weighted by atomic mass is 10.0. The van der Waals surface area contributed by atoms with Gasteiger partial charge in [0.05, 0.1) is 23.0 Å². The van der Waals surface area contributed by atoms with E-state index >= 15 is 0 Å². The molecule has 0 aliphatic carbocycles. The average Bonchev–Trinajstić information content (AvgIpc) is 3.34. The first kappa shape index (κ1) is 24.0. The molecule has 2 saturated heterocycles. The van der Waals surface area contributed by atoms with Gasteiger partial charge in [-0.1, -0.05) is 15.9 Å². The minimum atomic E-state index is -2.83. The van der Waals surface area contributed by atoms with Crippen LogP contribution in [-0.2, 0) is 0 Å². The van der Waals surface area contributed by atoms with Gasteiger partial charge in [-0.25, -0.2) is 13.8 Å². The molecule has 0 bridgehead atoms. The average molecular weight is 541 g/mol. The lowest BCUT2D eigenvalue weighted by Crippen LogP contribution is -2.46. The van der Waals surface area contributed by atoms with Crippen LogP contribution in [-0.4, -0.2) is 74.6 Å². The van der Waals surface area contributed by atoms with Gasteiger partial charge in [-0.2, -0.15) is 0 Å². The van der Waals surface area contributed by atoms with Gasteiger partial charge < -0.3 is 20.1 Å². The molecule has 10 nitrogen and oxygen atoms in total. The highest BCUT2D eigenvalue weighted by molar-refractivity contribution is 9.10. The number of nitro groups is 1. The predicted molar refractivity (Wildman–Crippen MR) is 122 cm³/mol. The zero-order valence-corrected chi connectivity index (χ0v) is 19.7. The van der Waals surface area contributed by atoms with E-state index in [0.717, 1.165) is 0 Å². The zero-order valence-electron chi connectivity index (χ0n) is 18.1. The number of H-pyrrole nitrogens is 1. The Kier molecular flexibility index (Phi) is 6.82. The maximum atomic E-state index is 13.6. The van der Waals surface area contributed by atoms with Crippen LogP contribution in [0.2, 0.25) is 0 Å². The highest BCUT2D eigenvalue weighted by atomic mass is 79.9. The van der Waals surface area contributed by atoms with E-state index in [4.69, 9.17) is 0 Å². The number of aromatic nitrogens is 2. The van der Waals surface area contributed by atoms with E-state index in [-0.39, 0.29) is 48.5 Å². The van der Waals surface area contributed by atoms with Gasteiger partial charge in [0.2, 0.25) is 0 Å². The number of carbonyl (C=O) groups excluding carboxylic acids is 2. The number of piperidine rings is 2. The summed E-state index contributed by atoms with van der Waals surface area (Å²) in [6.07, 6.45) is 3.22. The molecule has 2 fully saturated rings. The molecule has 13 heteroatoms. The zero-order chi connectivity index (χ0) is 24.5. The van der Waals surface area contributed by atoms with Gasteiger partial charge in [0.25, 0.3) is 23.4 Å². The molecular formula is C21H23BrF2N6O4. The molecule has 0 spiro atoms. The molecule has 2 aliphatic heterocycles.